The van der Waals surface area contributed by atoms with Gasteiger partial charge in [-0.2, -0.15) is 8.42 Å². The molecule has 0 saturated carbocycles. The highest BCUT2D eigenvalue weighted by Crippen LogP contribution is 2.25. The van der Waals surface area contributed by atoms with Crippen LogP contribution < -0.4 is 8.92 Å². The van der Waals surface area contributed by atoms with Crippen molar-refractivity contribution >= 4 is 10.1 Å². The standard InChI is InChI=1S/C13H9F3O4S/c1-19-8-2-4-9(5-3-8)20-21(17,18)11-7-6-10(14)12(15)13(11)16/h2-7H,1H3. The van der Waals surface area contributed by atoms with E-state index in [0.717, 1.165) is 0 Å². The first-order valence-corrected chi connectivity index (χ1v) is 6.98. The number of hydrogen-bond acceptors (Lipinski definition) is 4. The van der Waals surface area contributed by atoms with Crippen molar-refractivity contribution in [2.75, 3.05) is 7.11 Å². The lowest BCUT2D eigenvalue weighted by molar-refractivity contribution is 0.413. The van der Waals surface area contributed by atoms with Gasteiger partial charge in [-0.05, 0) is 36.4 Å². The minimum absolute atomic E-state index is 0.125. The van der Waals surface area contributed by atoms with E-state index in [1.165, 1.54) is 31.4 Å². The molecule has 0 heterocycles. The lowest BCUT2D eigenvalue weighted by Gasteiger charge is -2.09. The molecule has 0 amide bonds. The van der Waals surface area contributed by atoms with Crippen LogP contribution in [0.3, 0.4) is 0 Å². The highest BCUT2D eigenvalue weighted by atomic mass is 32.2. The van der Waals surface area contributed by atoms with Crippen LogP contribution >= 0.6 is 0 Å². The fourth-order valence-corrected chi connectivity index (χ4v) is 2.50. The average Bonchev–Trinajstić information content (AvgIpc) is 2.45. The molecule has 0 fully saturated rings. The van der Waals surface area contributed by atoms with E-state index in [1.54, 1.807) is 0 Å². The second-order valence-corrected chi connectivity index (χ2v) is 5.40. The molecule has 0 N–H and O–H groups in total. The van der Waals surface area contributed by atoms with Crippen LogP contribution in [0.1, 0.15) is 0 Å². The summed E-state index contributed by atoms with van der Waals surface area (Å²) in [6, 6.07) is 6.48. The lowest BCUT2D eigenvalue weighted by Crippen LogP contribution is -2.13. The van der Waals surface area contributed by atoms with E-state index in [-0.39, 0.29) is 5.75 Å². The first-order valence-electron chi connectivity index (χ1n) is 5.57. The fourth-order valence-electron chi connectivity index (χ4n) is 1.50. The van der Waals surface area contributed by atoms with Crippen LogP contribution in [0.4, 0.5) is 13.2 Å². The van der Waals surface area contributed by atoms with E-state index < -0.39 is 32.5 Å². The van der Waals surface area contributed by atoms with Gasteiger partial charge in [-0.25, -0.2) is 13.2 Å². The van der Waals surface area contributed by atoms with Gasteiger partial charge in [0, 0.05) is 0 Å². The van der Waals surface area contributed by atoms with Crippen LogP contribution in [0.15, 0.2) is 41.3 Å². The van der Waals surface area contributed by atoms with Gasteiger partial charge in [0.25, 0.3) is 0 Å². The maximum Gasteiger partial charge on any atom is 0.342 e. The van der Waals surface area contributed by atoms with E-state index >= 15 is 0 Å². The molecule has 21 heavy (non-hydrogen) atoms. The van der Waals surface area contributed by atoms with Crippen LogP contribution in [0, 0.1) is 17.5 Å². The summed E-state index contributed by atoms with van der Waals surface area (Å²) >= 11 is 0. The van der Waals surface area contributed by atoms with Crippen molar-refractivity contribution in [1.82, 2.24) is 0 Å². The van der Waals surface area contributed by atoms with Crippen LogP contribution in [-0.2, 0) is 10.1 Å². The van der Waals surface area contributed by atoms with Crippen LogP contribution in [0.5, 0.6) is 11.5 Å². The molecule has 8 heteroatoms. The van der Waals surface area contributed by atoms with E-state index in [1.807, 2.05) is 0 Å². The molecule has 2 aromatic rings. The van der Waals surface area contributed by atoms with Gasteiger partial charge in [0.05, 0.1) is 7.11 Å². The topological polar surface area (TPSA) is 52.6 Å². The van der Waals surface area contributed by atoms with Gasteiger partial charge in [0.15, 0.2) is 17.5 Å². The molecule has 112 valence electrons. The third-order valence-corrected chi connectivity index (χ3v) is 3.80. The summed E-state index contributed by atoms with van der Waals surface area (Å²) in [5.74, 6) is -4.87. The normalized spacial score (nSPS) is 11.2. The highest BCUT2D eigenvalue weighted by molar-refractivity contribution is 7.87. The van der Waals surface area contributed by atoms with Gasteiger partial charge in [0.1, 0.15) is 16.4 Å². The van der Waals surface area contributed by atoms with Crippen molar-refractivity contribution in [1.29, 1.82) is 0 Å². The summed E-state index contributed by atoms with van der Waals surface area (Å²) in [5, 5.41) is 0. The van der Waals surface area contributed by atoms with Gasteiger partial charge < -0.3 is 8.92 Å². The molecule has 0 bridgehead atoms. The first kappa shape index (κ1) is 15.2. The zero-order valence-corrected chi connectivity index (χ0v) is 11.5. The minimum Gasteiger partial charge on any atom is -0.497 e. The largest absolute Gasteiger partial charge is 0.497 e. The second kappa shape index (κ2) is 5.65. The molecular formula is C13H9F3O4S. The molecule has 0 saturated heterocycles. The van der Waals surface area contributed by atoms with Crippen LogP contribution in [0.2, 0.25) is 0 Å². The van der Waals surface area contributed by atoms with E-state index in [4.69, 9.17) is 4.74 Å². The number of rotatable bonds is 4. The molecule has 0 spiro atoms. The smallest absolute Gasteiger partial charge is 0.342 e. The molecule has 0 unspecified atom stereocenters. The van der Waals surface area contributed by atoms with Gasteiger partial charge >= 0.3 is 10.1 Å². The number of ether oxygens (including phenoxy) is 1. The third-order valence-electron chi connectivity index (χ3n) is 2.53. The average molecular weight is 318 g/mol. The van der Waals surface area contributed by atoms with Crippen molar-refractivity contribution in [2.45, 2.75) is 4.90 Å². The Hall–Kier alpha value is -2.22. The quantitative estimate of drug-likeness (QED) is 0.642. The Labute approximate surface area is 118 Å². The van der Waals surface area contributed by atoms with Crippen LogP contribution in [-0.4, -0.2) is 15.5 Å². The second-order valence-electron chi connectivity index (χ2n) is 3.89. The highest BCUT2D eigenvalue weighted by Gasteiger charge is 2.25. The Balaban J connectivity index is 2.36. The van der Waals surface area contributed by atoms with Crippen molar-refractivity contribution < 1.29 is 30.5 Å². The Bertz CT molecular complexity index is 758. The maximum absolute atomic E-state index is 13.5. The van der Waals surface area contributed by atoms with Crippen LogP contribution in [0.25, 0.3) is 0 Å². The molecule has 0 aliphatic heterocycles. The van der Waals surface area contributed by atoms with Gasteiger partial charge in [0.2, 0.25) is 0 Å². The number of methoxy groups -OCH3 is 1. The monoisotopic (exact) mass is 318 g/mol. The van der Waals surface area contributed by atoms with Gasteiger partial charge in [-0.15, -0.1) is 0 Å². The molecule has 0 aliphatic rings. The molecule has 2 rings (SSSR count). The zero-order chi connectivity index (χ0) is 15.6. The fraction of sp³-hybridized carbons (Fsp3) is 0.0769. The summed E-state index contributed by atoms with van der Waals surface area (Å²) in [6.45, 7) is 0. The Morgan fingerprint density at radius 2 is 1.43 bits per heavy atom. The molecule has 0 atom stereocenters. The van der Waals surface area contributed by atoms with Crippen molar-refractivity contribution in [3.8, 4) is 11.5 Å². The predicted octanol–water partition coefficient (Wildman–Crippen LogP) is 2.88. The van der Waals surface area contributed by atoms with E-state index in [2.05, 4.69) is 4.18 Å². The van der Waals surface area contributed by atoms with Crippen molar-refractivity contribution in [3.63, 3.8) is 0 Å². The van der Waals surface area contributed by atoms with Crippen molar-refractivity contribution in [3.05, 3.63) is 53.8 Å². The summed E-state index contributed by atoms with van der Waals surface area (Å²) in [6.07, 6.45) is 0. The maximum atomic E-state index is 13.5. The summed E-state index contributed by atoms with van der Waals surface area (Å²) in [7, 11) is -3.21. The molecule has 4 nitrogen and oxygen atoms in total. The van der Waals surface area contributed by atoms with E-state index in [9.17, 15) is 21.6 Å². The first-order chi connectivity index (χ1) is 9.85. The summed E-state index contributed by atoms with van der Waals surface area (Å²) in [5.41, 5.74) is 0. The third kappa shape index (κ3) is 3.10. The molecule has 0 radical (unpaired) electrons. The molecule has 2 aromatic carbocycles. The predicted molar refractivity (Wildman–Crippen MR) is 67.1 cm³/mol. The Morgan fingerprint density at radius 1 is 0.857 bits per heavy atom. The summed E-state index contributed by atoms with van der Waals surface area (Å²) in [4.78, 5) is -1.09. The molecular weight excluding hydrogens is 309 g/mol. The Morgan fingerprint density at radius 3 is 2.00 bits per heavy atom. The molecule has 0 aliphatic carbocycles. The van der Waals surface area contributed by atoms with Gasteiger partial charge in [-0.1, -0.05) is 0 Å². The summed E-state index contributed by atoms with van der Waals surface area (Å²) < 4.78 is 72.6. The SMILES string of the molecule is COc1ccc(OS(=O)(=O)c2ccc(F)c(F)c2F)cc1. The van der Waals surface area contributed by atoms with Crippen molar-refractivity contribution in [2.24, 2.45) is 0 Å². The lowest BCUT2D eigenvalue weighted by atomic mass is 10.3. The molecule has 0 aromatic heterocycles. The number of hydrogen-bond donors (Lipinski definition) is 0. The van der Waals surface area contributed by atoms with E-state index in [0.29, 0.717) is 17.9 Å². The minimum atomic E-state index is -4.63. The van der Waals surface area contributed by atoms with Gasteiger partial charge in [-0.3, -0.25) is 0 Å². The zero-order valence-electron chi connectivity index (χ0n) is 10.6. The Kier molecular flexibility index (Phi) is 4.08. The number of halogens is 3. The number of benzene rings is 2.